The molecule has 1 fully saturated rings. The number of carbonyl (C=O) groups is 2. The number of imide groups is 1. The number of nitrogens with zero attached hydrogens (tertiary/aromatic N) is 2. The molecule has 0 aliphatic carbocycles. The molecule has 5 heteroatoms. The van der Waals surface area contributed by atoms with Crippen LogP contribution in [0.3, 0.4) is 0 Å². The first kappa shape index (κ1) is 7.34. The Morgan fingerprint density at radius 2 is 2.00 bits per heavy atom. The average molecular weight is 163 g/mol. The average Bonchev–Trinajstić information content (AvgIpc) is 2.07. The first-order valence-electron chi connectivity index (χ1n) is 2.82. The van der Waals surface area contributed by atoms with Crippen LogP contribution in [-0.2, 0) is 4.79 Å². The van der Waals surface area contributed by atoms with Crippen molar-refractivity contribution in [3.05, 3.63) is 0 Å². The van der Waals surface area contributed by atoms with Gasteiger partial charge in [-0.25, -0.2) is 4.79 Å². The summed E-state index contributed by atoms with van der Waals surface area (Å²) in [5.41, 5.74) is 0. The Bertz CT molecular complexity index is 174. The lowest BCUT2D eigenvalue weighted by molar-refractivity contribution is -0.124. The minimum atomic E-state index is -0.459. The van der Waals surface area contributed by atoms with Gasteiger partial charge in [0.2, 0.25) is 0 Å². The summed E-state index contributed by atoms with van der Waals surface area (Å²) in [4.78, 5) is 23.0. The maximum absolute atomic E-state index is 10.9. The lowest BCUT2D eigenvalue weighted by atomic mass is 10.3. The monoisotopic (exact) mass is 162 g/mol. The van der Waals surface area contributed by atoms with E-state index >= 15 is 0 Å². The van der Waals surface area contributed by atoms with Crippen molar-refractivity contribution < 1.29 is 9.59 Å². The number of urea groups is 1. The molecule has 1 aliphatic rings. The summed E-state index contributed by atoms with van der Waals surface area (Å²) in [7, 11) is 1.54. The molecular formula is C5H7ClN2O2. The maximum Gasteiger partial charge on any atom is 0.342 e. The number of rotatable bonds is 0. The Hall–Kier alpha value is -0.770. The molecule has 0 spiro atoms. The van der Waals surface area contributed by atoms with Crippen molar-refractivity contribution in [2.75, 3.05) is 7.05 Å². The standard InChI is InChI=1S/C5H7ClN2O2/c1-3-4(9)8(6)5(10)7(3)2/h3H,1-2H3. The molecule has 56 valence electrons. The number of hydrogen-bond acceptors (Lipinski definition) is 2. The molecule has 10 heavy (non-hydrogen) atoms. The Morgan fingerprint density at radius 3 is 2.10 bits per heavy atom. The molecule has 3 amide bonds. The molecule has 1 aliphatic heterocycles. The van der Waals surface area contributed by atoms with Gasteiger partial charge in [-0.15, -0.1) is 0 Å². The summed E-state index contributed by atoms with van der Waals surface area (Å²) in [6, 6.07) is -0.885. The van der Waals surface area contributed by atoms with Crippen LogP contribution in [0.1, 0.15) is 6.92 Å². The lowest BCUT2D eigenvalue weighted by Gasteiger charge is -2.08. The zero-order valence-electron chi connectivity index (χ0n) is 5.67. The van der Waals surface area contributed by atoms with E-state index in [-0.39, 0.29) is 5.91 Å². The third-order valence-corrected chi connectivity index (χ3v) is 1.91. The Kier molecular flexibility index (Phi) is 1.56. The number of likely N-dealkylation sites (N-methyl/N-ethyl adjacent to an activating group) is 1. The summed E-state index contributed by atoms with van der Waals surface area (Å²) >= 11 is 5.30. The van der Waals surface area contributed by atoms with E-state index in [0.717, 1.165) is 0 Å². The Morgan fingerprint density at radius 1 is 1.50 bits per heavy atom. The molecule has 4 nitrogen and oxygen atoms in total. The molecule has 1 atom stereocenters. The number of carbonyl (C=O) groups excluding carboxylic acids is 2. The molecule has 0 aromatic heterocycles. The SMILES string of the molecule is CC1C(=O)N(Cl)C(=O)N1C. The van der Waals surface area contributed by atoms with E-state index < -0.39 is 12.1 Å². The molecule has 0 bridgehead atoms. The molecule has 0 saturated carbocycles. The highest BCUT2D eigenvalue weighted by atomic mass is 35.5. The van der Waals surface area contributed by atoms with Crippen molar-refractivity contribution in [3.63, 3.8) is 0 Å². The van der Waals surface area contributed by atoms with Gasteiger partial charge in [0.1, 0.15) is 6.04 Å². The quantitative estimate of drug-likeness (QED) is 0.383. The largest absolute Gasteiger partial charge is 0.342 e. The van der Waals surface area contributed by atoms with Gasteiger partial charge in [-0.2, -0.15) is 4.42 Å². The highest BCUT2D eigenvalue weighted by Gasteiger charge is 2.39. The fraction of sp³-hybridized carbons (Fsp3) is 0.600. The van der Waals surface area contributed by atoms with E-state index in [1.807, 2.05) is 0 Å². The van der Waals surface area contributed by atoms with Crippen molar-refractivity contribution in [1.82, 2.24) is 9.32 Å². The molecule has 1 saturated heterocycles. The lowest BCUT2D eigenvalue weighted by Crippen LogP contribution is -2.27. The van der Waals surface area contributed by atoms with Gasteiger partial charge in [0.25, 0.3) is 5.91 Å². The van der Waals surface area contributed by atoms with Crippen LogP contribution >= 0.6 is 11.8 Å². The van der Waals surface area contributed by atoms with Gasteiger partial charge in [-0.3, -0.25) is 4.79 Å². The molecule has 0 radical (unpaired) electrons. The topological polar surface area (TPSA) is 40.6 Å². The van der Waals surface area contributed by atoms with Gasteiger partial charge >= 0.3 is 6.03 Å². The highest BCUT2D eigenvalue weighted by Crippen LogP contribution is 2.16. The first-order valence-corrected chi connectivity index (χ1v) is 3.16. The predicted molar refractivity (Wildman–Crippen MR) is 35.3 cm³/mol. The fourth-order valence-corrected chi connectivity index (χ4v) is 0.989. The summed E-state index contributed by atoms with van der Waals surface area (Å²) in [5.74, 6) is -0.367. The molecule has 0 aromatic rings. The predicted octanol–water partition coefficient (Wildman–Crippen LogP) is 0.423. The second kappa shape index (κ2) is 2.12. The van der Waals surface area contributed by atoms with E-state index in [4.69, 9.17) is 11.8 Å². The van der Waals surface area contributed by atoms with Gasteiger partial charge in [0, 0.05) is 18.8 Å². The first-order chi connectivity index (χ1) is 4.55. The second-order valence-corrected chi connectivity index (χ2v) is 2.53. The summed E-state index contributed by atoms with van der Waals surface area (Å²) in [6.45, 7) is 1.63. The van der Waals surface area contributed by atoms with Gasteiger partial charge in [-0.1, -0.05) is 0 Å². The molecule has 1 unspecified atom stereocenters. The number of hydrogen-bond donors (Lipinski definition) is 0. The van der Waals surface area contributed by atoms with E-state index in [9.17, 15) is 9.59 Å². The van der Waals surface area contributed by atoms with Gasteiger partial charge in [0.15, 0.2) is 0 Å². The molecule has 1 rings (SSSR count). The van der Waals surface area contributed by atoms with Crippen LogP contribution in [0.5, 0.6) is 0 Å². The van der Waals surface area contributed by atoms with Crippen molar-refractivity contribution in [2.24, 2.45) is 0 Å². The zero-order valence-corrected chi connectivity index (χ0v) is 6.42. The van der Waals surface area contributed by atoms with Crippen LogP contribution < -0.4 is 0 Å². The molecule has 0 aromatic carbocycles. The number of halogens is 1. The molecular weight excluding hydrogens is 156 g/mol. The summed E-state index contributed by atoms with van der Waals surface area (Å²) in [5, 5.41) is 0. The van der Waals surface area contributed by atoms with Gasteiger partial charge < -0.3 is 4.90 Å². The van der Waals surface area contributed by atoms with Crippen LogP contribution in [0.4, 0.5) is 4.79 Å². The Balaban J connectivity index is 2.89. The second-order valence-electron chi connectivity index (χ2n) is 2.19. The van der Waals surface area contributed by atoms with E-state index in [1.54, 1.807) is 6.92 Å². The molecule has 1 heterocycles. The van der Waals surface area contributed by atoms with Crippen molar-refractivity contribution in [1.29, 1.82) is 0 Å². The van der Waals surface area contributed by atoms with Crippen molar-refractivity contribution in [2.45, 2.75) is 13.0 Å². The van der Waals surface area contributed by atoms with Crippen molar-refractivity contribution >= 4 is 23.7 Å². The van der Waals surface area contributed by atoms with Crippen LogP contribution in [0.15, 0.2) is 0 Å². The van der Waals surface area contributed by atoms with Gasteiger partial charge in [-0.05, 0) is 6.92 Å². The minimum absolute atomic E-state index is 0.367. The van der Waals surface area contributed by atoms with Gasteiger partial charge in [0.05, 0.1) is 0 Å². The summed E-state index contributed by atoms with van der Waals surface area (Å²) in [6.07, 6.45) is 0. The van der Waals surface area contributed by atoms with Crippen LogP contribution in [0, 0.1) is 0 Å². The molecule has 0 N–H and O–H groups in total. The highest BCUT2D eigenvalue weighted by molar-refractivity contribution is 6.32. The summed E-state index contributed by atoms with van der Waals surface area (Å²) < 4.78 is 0.602. The number of amides is 3. The van der Waals surface area contributed by atoms with Crippen molar-refractivity contribution in [3.8, 4) is 0 Å². The van der Waals surface area contributed by atoms with E-state index in [2.05, 4.69) is 0 Å². The smallest absolute Gasteiger partial charge is 0.314 e. The maximum atomic E-state index is 10.9. The van der Waals surface area contributed by atoms with Crippen LogP contribution in [0.25, 0.3) is 0 Å². The zero-order chi connectivity index (χ0) is 7.89. The third kappa shape index (κ3) is 0.759. The fourth-order valence-electron chi connectivity index (χ4n) is 0.728. The third-order valence-electron chi connectivity index (χ3n) is 1.60. The van der Waals surface area contributed by atoms with E-state index in [0.29, 0.717) is 4.42 Å². The Labute approximate surface area is 63.5 Å². The normalized spacial score (nSPS) is 26.5. The minimum Gasteiger partial charge on any atom is -0.314 e. The van der Waals surface area contributed by atoms with Crippen LogP contribution in [-0.4, -0.2) is 34.3 Å². The van der Waals surface area contributed by atoms with E-state index in [1.165, 1.54) is 11.9 Å². The van der Waals surface area contributed by atoms with Crippen LogP contribution in [0.2, 0.25) is 0 Å².